The monoisotopic (exact) mass is 141 g/mol. The fourth-order valence-corrected chi connectivity index (χ4v) is 0.937. The number of hydrogen-bond donors (Lipinski definition) is 1. The summed E-state index contributed by atoms with van der Waals surface area (Å²) in [6.45, 7) is 6.71. The van der Waals surface area contributed by atoms with Gasteiger partial charge in [-0.05, 0) is 24.5 Å². The standard InChI is InChI=1S/C9H19N/c1-8(2)4-5-9(3)6-7-10/h7-10H,4-6H2,1-3H3. The van der Waals surface area contributed by atoms with E-state index in [1.165, 1.54) is 19.1 Å². The van der Waals surface area contributed by atoms with Crippen LogP contribution in [0.4, 0.5) is 0 Å². The van der Waals surface area contributed by atoms with Crippen LogP contribution in [0.2, 0.25) is 0 Å². The van der Waals surface area contributed by atoms with Gasteiger partial charge in [-0.3, -0.25) is 0 Å². The van der Waals surface area contributed by atoms with Gasteiger partial charge in [0.05, 0.1) is 0 Å². The van der Waals surface area contributed by atoms with Gasteiger partial charge in [0, 0.05) is 0 Å². The van der Waals surface area contributed by atoms with Crippen LogP contribution in [0, 0.1) is 17.2 Å². The van der Waals surface area contributed by atoms with Crippen molar-refractivity contribution < 1.29 is 0 Å². The molecule has 0 heterocycles. The van der Waals surface area contributed by atoms with Gasteiger partial charge in [0.2, 0.25) is 0 Å². The summed E-state index contributed by atoms with van der Waals surface area (Å²) in [7, 11) is 0. The zero-order chi connectivity index (χ0) is 7.98. The van der Waals surface area contributed by atoms with Crippen LogP contribution in [0.15, 0.2) is 0 Å². The van der Waals surface area contributed by atoms with E-state index in [9.17, 15) is 0 Å². The largest absolute Gasteiger partial charge is 0.313 e. The van der Waals surface area contributed by atoms with E-state index < -0.39 is 0 Å². The van der Waals surface area contributed by atoms with E-state index >= 15 is 0 Å². The Morgan fingerprint density at radius 3 is 2.20 bits per heavy atom. The van der Waals surface area contributed by atoms with Crippen molar-refractivity contribution in [3.63, 3.8) is 0 Å². The van der Waals surface area contributed by atoms with E-state index in [2.05, 4.69) is 20.8 Å². The van der Waals surface area contributed by atoms with Gasteiger partial charge in [-0.1, -0.05) is 33.6 Å². The van der Waals surface area contributed by atoms with Gasteiger partial charge in [-0.25, -0.2) is 0 Å². The first-order chi connectivity index (χ1) is 4.66. The average molecular weight is 141 g/mol. The summed E-state index contributed by atoms with van der Waals surface area (Å²) in [4.78, 5) is 0. The summed E-state index contributed by atoms with van der Waals surface area (Å²) >= 11 is 0. The third-order valence-electron chi connectivity index (χ3n) is 1.76. The fraction of sp³-hybridized carbons (Fsp3) is 0.889. The Labute approximate surface area is 64.3 Å². The van der Waals surface area contributed by atoms with E-state index in [1.807, 2.05) is 0 Å². The smallest absolute Gasteiger partial charge is 0.00451 e. The van der Waals surface area contributed by atoms with Crippen LogP contribution in [-0.2, 0) is 0 Å². The van der Waals surface area contributed by atoms with Crippen LogP contribution in [0.5, 0.6) is 0 Å². The second-order valence-electron chi connectivity index (χ2n) is 3.52. The van der Waals surface area contributed by atoms with Gasteiger partial charge >= 0.3 is 0 Å². The minimum absolute atomic E-state index is 0.708. The Morgan fingerprint density at radius 2 is 1.80 bits per heavy atom. The van der Waals surface area contributed by atoms with Crippen LogP contribution in [0.1, 0.15) is 40.0 Å². The van der Waals surface area contributed by atoms with E-state index in [1.54, 1.807) is 0 Å². The summed E-state index contributed by atoms with van der Waals surface area (Å²) in [6.07, 6.45) is 5.04. The minimum atomic E-state index is 0.708. The molecule has 1 unspecified atom stereocenters. The van der Waals surface area contributed by atoms with Gasteiger partial charge in [0.25, 0.3) is 0 Å². The third-order valence-corrected chi connectivity index (χ3v) is 1.76. The topological polar surface area (TPSA) is 23.9 Å². The van der Waals surface area contributed by atoms with Crippen LogP contribution >= 0.6 is 0 Å². The lowest BCUT2D eigenvalue weighted by atomic mass is 9.97. The Morgan fingerprint density at radius 1 is 1.20 bits per heavy atom. The predicted molar refractivity (Wildman–Crippen MR) is 46.6 cm³/mol. The molecular formula is C9H19N. The molecule has 0 aliphatic heterocycles. The predicted octanol–water partition coefficient (Wildman–Crippen LogP) is 3.10. The Bertz CT molecular complexity index is 86.7. The van der Waals surface area contributed by atoms with Crippen molar-refractivity contribution in [2.24, 2.45) is 11.8 Å². The summed E-state index contributed by atoms with van der Waals surface area (Å²) in [5.41, 5.74) is 0. The van der Waals surface area contributed by atoms with Gasteiger partial charge in [0.1, 0.15) is 0 Å². The third kappa shape index (κ3) is 5.80. The van der Waals surface area contributed by atoms with E-state index in [-0.39, 0.29) is 0 Å². The Hall–Kier alpha value is -0.330. The maximum Gasteiger partial charge on any atom is -0.00451 e. The molecule has 60 valence electrons. The minimum Gasteiger partial charge on any atom is -0.313 e. The van der Waals surface area contributed by atoms with Crippen molar-refractivity contribution >= 4 is 6.21 Å². The zero-order valence-corrected chi connectivity index (χ0v) is 7.35. The molecule has 0 fully saturated rings. The number of rotatable bonds is 5. The highest BCUT2D eigenvalue weighted by molar-refractivity contribution is 5.53. The maximum absolute atomic E-state index is 6.89. The molecule has 0 saturated carbocycles. The summed E-state index contributed by atoms with van der Waals surface area (Å²) in [6, 6.07) is 0. The van der Waals surface area contributed by atoms with Crippen molar-refractivity contribution in [3.05, 3.63) is 0 Å². The molecule has 0 aromatic carbocycles. The quantitative estimate of drug-likeness (QED) is 0.569. The van der Waals surface area contributed by atoms with Crippen molar-refractivity contribution in [1.29, 1.82) is 5.41 Å². The summed E-state index contributed by atoms with van der Waals surface area (Å²) in [5.74, 6) is 1.52. The molecule has 0 aliphatic rings. The van der Waals surface area contributed by atoms with Crippen molar-refractivity contribution in [3.8, 4) is 0 Å². The molecule has 10 heavy (non-hydrogen) atoms. The van der Waals surface area contributed by atoms with Crippen molar-refractivity contribution in [2.75, 3.05) is 0 Å². The van der Waals surface area contributed by atoms with Crippen molar-refractivity contribution in [1.82, 2.24) is 0 Å². The first-order valence-corrected chi connectivity index (χ1v) is 4.15. The molecule has 1 N–H and O–H groups in total. The molecule has 0 saturated heterocycles. The average Bonchev–Trinajstić information content (AvgIpc) is 1.85. The van der Waals surface area contributed by atoms with E-state index in [4.69, 9.17) is 5.41 Å². The highest BCUT2D eigenvalue weighted by atomic mass is 14.3. The van der Waals surface area contributed by atoms with Gasteiger partial charge in [0.15, 0.2) is 0 Å². The van der Waals surface area contributed by atoms with Gasteiger partial charge < -0.3 is 5.41 Å². The van der Waals surface area contributed by atoms with Crippen molar-refractivity contribution in [2.45, 2.75) is 40.0 Å². The summed E-state index contributed by atoms with van der Waals surface area (Å²) in [5, 5.41) is 6.89. The lowest BCUT2D eigenvalue weighted by Gasteiger charge is -2.09. The second-order valence-corrected chi connectivity index (χ2v) is 3.52. The molecular weight excluding hydrogens is 122 g/mol. The molecule has 0 aliphatic carbocycles. The normalized spacial score (nSPS) is 13.6. The molecule has 0 amide bonds. The Kier molecular flexibility index (Phi) is 5.27. The molecule has 0 aromatic rings. The lowest BCUT2D eigenvalue weighted by Crippen LogP contribution is -1.97. The van der Waals surface area contributed by atoms with Crippen LogP contribution in [0.3, 0.4) is 0 Å². The maximum atomic E-state index is 6.89. The van der Waals surface area contributed by atoms with E-state index in [0.29, 0.717) is 5.92 Å². The van der Waals surface area contributed by atoms with Crippen LogP contribution in [-0.4, -0.2) is 6.21 Å². The molecule has 0 bridgehead atoms. The zero-order valence-electron chi connectivity index (χ0n) is 7.35. The molecule has 1 heteroatoms. The van der Waals surface area contributed by atoms with Crippen LogP contribution < -0.4 is 0 Å². The number of nitrogens with one attached hydrogen (secondary N) is 1. The molecule has 0 radical (unpaired) electrons. The van der Waals surface area contributed by atoms with Gasteiger partial charge in [-0.2, -0.15) is 0 Å². The van der Waals surface area contributed by atoms with E-state index in [0.717, 1.165) is 12.3 Å². The van der Waals surface area contributed by atoms with Gasteiger partial charge in [-0.15, -0.1) is 0 Å². The fourth-order valence-electron chi connectivity index (χ4n) is 0.937. The van der Waals surface area contributed by atoms with Crippen LogP contribution in [0.25, 0.3) is 0 Å². The Balaban J connectivity index is 3.20. The molecule has 0 spiro atoms. The number of hydrogen-bond acceptors (Lipinski definition) is 1. The first kappa shape index (κ1) is 9.67. The first-order valence-electron chi connectivity index (χ1n) is 4.15. The SMILES string of the molecule is CC(C)CCC(C)CC=N. The second kappa shape index (κ2) is 5.45. The molecule has 0 rings (SSSR count). The lowest BCUT2D eigenvalue weighted by molar-refractivity contribution is 0.461. The summed E-state index contributed by atoms with van der Waals surface area (Å²) < 4.78 is 0. The highest BCUT2D eigenvalue weighted by Gasteiger charge is 2.00. The molecule has 1 atom stereocenters. The highest BCUT2D eigenvalue weighted by Crippen LogP contribution is 2.13. The molecule has 0 aromatic heterocycles. The molecule has 1 nitrogen and oxygen atoms in total.